The quantitative estimate of drug-likeness (QED) is 0.193. The zero-order valence-corrected chi connectivity index (χ0v) is 17.9. The molecule has 0 aromatic heterocycles. The van der Waals surface area contributed by atoms with Gasteiger partial charge in [-0.1, -0.05) is 64.7 Å². The second-order valence-corrected chi connectivity index (χ2v) is 6.06. The standard InChI is InChI=1S/C12H25.C3H8O2.Na.H2O4S/c1-3-5-7-9-11-12-10-8-6-4-2;1-3(5)2-4;;1-5(2,3)4/h1,3-12H2,2H3;3-5H,2H2,1H3;;(H2,1,2,3,4)/q-1;;+1;. The van der Waals surface area contributed by atoms with Crippen molar-refractivity contribution in [3.8, 4) is 0 Å². The SMILES string of the molecule is CC(O)CO.O=S(=O)(O)O.[CH2-]CCCCCCCCCCC.[Na+]. The molecule has 0 aromatic carbocycles. The molecule has 0 bridgehead atoms. The zero-order valence-electron chi connectivity index (χ0n) is 15.1. The van der Waals surface area contributed by atoms with E-state index in [-0.39, 0.29) is 36.2 Å². The van der Waals surface area contributed by atoms with Crippen LogP contribution in [0, 0.1) is 6.92 Å². The van der Waals surface area contributed by atoms with E-state index in [1.807, 2.05) is 0 Å². The van der Waals surface area contributed by atoms with E-state index in [0.29, 0.717) is 0 Å². The van der Waals surface area contributed by atoms with Gasteiger partial charge in [0.15, 0.2) is 0 Å². The first-order valence-electron chi connectivity index (χ1n) is 7.97. The molecule has 23 heavy (non-hydrogen) atoms. The third kappa shape index (κ3) is 70.9. The van der Waals surface area contributed by atoms with E-state index in [1.165, 1.54) is 64.7 Å². The molecule has 0 aliphatic rings. The predicted octanol–water partition coefficient (Wildman–Crippen LogP) is 0.452. The molecule has 8 heteroatoms. The first kappa shape index (κ1) is 31.5. The molecule has 0 fully saturated rings. The van der Waals surface area contributed by atoms with Gasteiger partial charge >= 0.3 is 40.0 Å². The summed E-state index contributed by atoms with van der Waals surface area (Å²) >= 11 is 0. The number of hydrogen-bond donors (Lipinski definition) is 4. The Morgan fingerprint density at radius 1 is 0.913 bits per heavy atom. The first-order chi connectivity index (χ1) is 10.2. The molecule has 0 aliphatic carbocycles. The smallest absolute Gasteiger partial charge is 0.394 e. The second kappa shape index (κ2) is 25.0. The van der Waals surface area contributed by atoms with Crippen molar-refractivity contribution in [2.75, 3.05) is 6.61 Å². The average molecular weight is 366 g/mol. The van der Waals surface area contributed by atoms with Gasteiger partial charge < -0.3 is 17.1 Å². The maximum absolute atomic E-state index is 8.74. The molecule has 4 N–H and O–H groups in total. The summed E-state index contributed by atoms with van der Waals surface area (Å²) in [7, 11) is -4.67. The van der Waals surface area contributed by atoms with E-state index < -0.39 is 16.5 Å². The third-order valence-electron chi connectivity index (χ3n) is 2.62. The Kier molecular flexibility index (Phi) is 34.3. The van der Waals surface area contributed by atoms with E-state index in [4.69, 9.17) is 27.7 Å². The minimum Gasteiger partial charge on any atom is -0.394 e. The summed E-state index contributed by atoms with van der Waals surface area (Å²) in [5.74, 6) is 0. The minimum atomic E-state index is -4.67. The summed E-state index contributed by atoms with van der Waals surface area (Å²) in [6, 6.07) is 0. The Hall–Kier alpha value is 0.790. The Labute approximate surface area is 164 Å². The van der Waals surface area contributed by atoms with Gasteiger partial charge in [0.25, 0.3) is 0 Å². The monoisotopic (exact) mass is 366 g/mol. The summed E-state index contributed by atoms with van der Waals surface area (Å²) in [6.45, 7) is 7.50. The zero-order chi connectivity index (χ0) is 17.9. The molecule has 0 saturated heterocycles. The largest absolute Gasteiger partial charge is 1.00 e. The van der Waals surface area contributed by atoms with Crippen LogP contribution in [0.4, 0.5) is 0 Å². The van der Waals surface area contributed by atoms with Gasteiger partial charge in [0.2, 0.25) is 0 Å². The normalized spacial score (nSPS) is 11.3. The number of aliphatic hydroxyl groups excluding tert-OH is 2. The van der Waals surface area contributed by atoms with Crippen molar-refractivity contribution in [2.24, 2.45) is 0 Å². The number of unbranched alkanes of at least 4 members (excludes halogenated alkanes) is 9. The summed E-state index contributed by atoms with van der Waals surface area (Å²) in [6.07, 6.45) is 13.3. The van der Waals surface area contributed by atoms with E-state index in [1.54, 1.807) is 0 Å². The van der Waals surface area contributed by atoms with Crippen LogP contribution >= 0.6 is 0 Å². The fourth-order valence-corrected chi connectivity index (χ4v) is 1.49. The van der Waals surface area contributed by atoms with E-state index in [2.05, 4.69) is 13.8 Å². The fourth-order valence-electron chi connectivity index (χ4n) is 1.49. The van der Waals surface area contributed by atoms with Crippen LogP contribution in [0.5, 0.6) is 0 Å². The van der Waals surface area contributed by atoms with Crippen LogP contribution in [0.3, 0.4) is 0 Å². The van der Waals surface area contributed by atoms with Gasteiger partial charge in [0.1, 0.15) is 0 Å². The summed E-state index contributed by atoms with van der Waals surface area (Å²) in [5.41, 5.74) is 0. The maximum atomic E-state index is 8.74. The van der Waals surface area contributed by atoms with Gasteiger partial charge in [-0.3, -0.25) is 9.11 Å². The second-order valence-electron chi connectivity index (χ2n) is 5.16. The van der Waals surface area contributed by atoms with Crippen LogP contribution in [-0.4, -0.2) is 40.4 Å². The van der Waals surface area contributed by atoms with Crippen LogP contribution in [-0.2, 0) is 10.4 Å². The van der Waals surface area contributed by atoms with E-state index in [9.17, 15) is 0 Å². The van der Waals surface area contributed by atoms with Gasteiger partial charge in [-0.25, -0.2) is 0 Å². The van der Waals surface area contributed by atoms with Crippen molar-refractivity contribution in [2.45, 2.75) is 84.2 Å². The summed E-state index contributed by atoms with van der Waals surface area (Å²) in [5, 5.41) is 16.0. The van der Waals surface area contributed by atoms with Crippen molar-refractivity contribution < 1.29 is 57.3 Å². The fraction of sp³-hybridized carbons (Fsp3) is 0.933. The average Bonchev–Trinajstić information content (AvgIpc) is 2.40. The van der Waals surface area contributed by atoms with Crippen LogP contribution in [0.15, 0.2) is 0 Å². The molecular formula is C15H35NaO6S. The minimum absolute atomic E-state index is 0. The van der Waals surface area contributed by atoms with Crippen molar-refractivity contribution in [1.82, 2.24) is 0 Å². The predicted molar refractivity (Wildman–Crippen MR) is 90.1 cm³/mol. The maximum Gasteiger partial charge on any atom is 1.00 e. The van der Waals surface area contributed by atoms with Crippen molar-refractivity contribution in [3.05, 3.63) is 6.92 Å². The molecule has 0 saturated carbocycles. The summed E-state index contributed by atoms with van der Waals surface area (Å²) in [4.78, 5) is 0. The van der Waals surface area contributed by atoms with Gasteiger partial charge in [0.05, 0.1) is 12.7 Å². The molecule has 1 unspecified atom stereocenters. The Morgan fingerprint density at radius 2 is 1.17 bits per heavy atom. The molecule has 0 rings (SSSR count). The van der Waals surface area contributed by atoms with Crippen LogP contribution in [0.1, 0.15) is 78.1 Å². The first-order valence-corrected chi connectivity index (χ1v) is 9.36. The molecule has 6 nitrogen and oxygen atoms in total. The van der Waals surface area contributed by atoms with Crippen LogP contribution in [0.25, 0.3) is 0 Å². The number of hydrogen-bond acceptors (Lipinski definition) is 4. The molecule has 0 amide bonds. The number of rotatable bonds is 10. The van der Waals surface area contributed by atoms with Crippen LogP contribution < -0.4 is 29.6 Å². The van der Waals surface area contributed by atoms with E-state index in [0.717, 1.165) is 6.42 Å². The topological polar surface area (TPSA) is 115 Å². The summed E-state index contributed by atoms with van der Waals surface area (Å²) < 4.78 is 31.6. The van der Waals surface area contributed by atoms with Crippen LogP contribution in [0.2, 0.25) is 0 Å². The molecule has 0 radical (unpaired) electrons. The molecular weight excluding hydrogens is 331 g/mol. The van der Waals surface area contributed by atoms with Crippen molar-refractivity contribution in [3.63, 3.8) is 0 Å². The molecule has 1 atom stereocenters. The molecule has 138 valence electrons. The van der Waals surface area contributed by atoms with Gasteiger partial charge in [-0.15, -0.1) is 0 Å². The Bertz CT molecular complexity index is 266. The Balaban J connectivity index is -0.000000137. The molecule has 0 aromatic rings. The molecule has 0 aliphatic heterocycles. The molecule has 0 heterocycles. The Morgan fingerprint density at radius 3 is 1.39 bits per heavy atom. The van der Waals surface area contributed by atoms with Crippen molar-refractivity contribution in [1.29, 1.82) is 0 Å². The van der Waals surface area contributed by atoms with Gasteiger partial charge in [-0.05, 0) is 6.92 Å². The third-order valence-corrected chi connectivity index (χ3v) is 2.62. The van der Waals surface area contributed by atoms with Gasteiger partial charge in [-0.2, -0.15) is 14.8 Å². The molecule has 0 spiro atoms. The number of aliphatic hydroxyl groups is 2. The van der Waals surface area contributed by atoms with Gasteiger partial charge in [0, 0.05) is 0 Å². The van der Waals surface area contributed by atoms with E-state index >= 15 is 0 Å². The van der Waals surface area contributed by atoms with Crippen molar-refractivity contribution >= 4 is 10.4 Å².